The van der Waals surface area contributed by atoms with Gasteiger partial charge >= 0.3 is 0 Å². The molecule has 0 saturated carbocycles. The normalized spacial score (nSPS) is 18.1. The van der Waals surface area contributed by atoms with E-state index in [1.54, 1.807) is 0 Å². The fourth-order valence-corrected chi connectivity index (χ4v) is 3.07. The van der Waals surface area contributed by atoms with Gasteiger partial charge in [0.15, 0.2) is 0 Å². The minimum atomic E-state index is -0.0811. The highest BCUT2D eigenvalue weighted by atomic mass is 35.5. The first-order valence-electron chi connectivity index (χ1n) is 5.76. The van der Waals surface area contributed by atoms with E-state index in [1.807, 2.05) is 18.2 Å². The first kappa shape index (κ1) is 11.1. The first-order valence-corrected chi connectivity index (χ1v) is 6.57. The van der Waals surface area contributed by atoms with Crippen molar-refractivity contribution in [3.8, 4) is 0 Å². The molecule has 0 unspecified atom stereocenters. The number of halogens is 2. The van der Waals surface area contributed by atoms with Gasteiger partial charge in [-0.15, -0.1) is 11.6 Å². The quantitative estimate of drug-likeness (QED) is 0.601. The van der Waals surface area contributed by atoms with Crippen LogP contribution in [0, 0.1) is 0 Å². The van der Waals surface area contributed by atoms with E-state index in [1.165, 1.54) is 16.7 Å². The Labute approximate surface area is 111 Å². The fourth-order valence-electron chi connectivity index (χ4n) is 2.48. The second-order valence-electron chi connectivity index (χ2n) is 4.40. The summed E-state index contributed by atoms with van der Waals surface area (Å²) in [5, 5.41) is 0.677. The monoisotopic (exact) mass is 262 g/mol. The Kier molecular flexibility index (Phi) is 2.85. The number of fused-ring (bicyclic) bond motifs is 2. The molecular formula is C15H12Cl2. The van der Waals surface area contributed by atoms with E-state index >= 15 is 0 Å². The summed E-state index contributed by atoms with van der Waals surface area (Å²) in [5.41, 5.74) is 5.03. The molecule has 0 radical (unpaired) electrons. The molecule has 1 aliphatic rings. The lowest BCUT2D eigenvalue weighted by atomic mass is 10.00. The van der Waals surface area contributed by atoms with Crippen LogP contribution in [0.5, 0.6) is 0 Å². The van der Waals surface area contributed by atoms with Crippen molar-refractivity contribution in [3.05, 3.63) is 69.7 Å². The van der Waals surface area contributed by atoms with Crippen LogP contribution < -0.4 is 0 Å². The van der Waals surface area contributed by atoms with E-state index in [0.29, 0.717) is 0 Å². The van der Waals surface area contributed by atoms with Gasteiger partial charge in [-0.05, 0) is 47.2 Å². The molecule has 1 aliphatic carbocycles. The summed E-state index contributed by atoms with van der Waals surface area (Å²) in [6.45, 7) is 0. The highest BCUT2D eigenvalue weighted by Crippen LogP contribution is 2.37. The van der Waals surface area contributed by atoms with E-state index in [9.17, 15) is 0 Å². The molecule has 86 valence electrons. The smallest absolute Gasteiger partial charge is 0.0841 e. The fraction of sp³-hybridized carbons (Fsp3) is 0.200. The summed E-state index contributed by atoms with van der Waals surface area (Å²) >= 11 is 12.7. The minimum Gasteiger partial charge on any atom is -0.113 e. The van der Waals surface area contributed by atoms with E-state index in [4.69, 9.17) is 23.2 Å². The van der Waals surface area contributed by atoms with Gasteiger partial charge in [0.25, 0.3) is 0 Å². The van der Waals surface area contributed by atoms with Crippen LogP contribution in [0.3, 0.4) is 0 Å². The summed E-state index contributed by atoms with van der Waals surface area (Å²) in [6, 6.07) is 14.4. The predicted molar refractivity (Wildman–Crippen MR) is 73.0 cm³/mol. The van der Waals surface area contributed by atoms with Crippen molar-refractivity contribution in [3.63, 3.8) is 0 Å². The number of aryl methyl sites for hydroxylation is 2. The molecule has 0 fully saturated rings. The maximum absolute atomic E-state index is 6.60. The van der Waals surface area contributed by atoms with Gasteiger partial charge in [-0.3, -0.25) is 0 Å². The topological polar surface area (TPSA) is 0 Å². The zero-order valence-corrected chi connectivity index (χ0v) is 10.8. The van der Waals surface area contributed by atoms with Crippen molar-refractivity contribution in [1.29, 1.82) is 0 Å². The summed E-state index contributed by atoms with van der Waals surface area (Å²) < 4.78 is 0. The molecule has 0 bridgehead atoms. The number of hydrogen-bond acceptors (Lipinski definition) is 0. The molecule has 0 aliphatic heterocycles. The van der Waals surface area contributed by atoms with Crippen LogP contribution in [0.2, 0.25) is 5.02 Å². The molecule has 0 nitrogen and oxygen atoms in total. The van der Waals surface area contributed by atoms with E-state index in [2.05, 4.69) is 24.3 Å². The Morgan fingerprint density at radius 2 is 1.59 bits per heavy atom. The van der Waals surface area contributed by atoms with Crippen LogP contribution >= 0.6 is 23.2 Å². The van der Waals surface area contributed by atoms with Gasteiger partial charge in [0.05, 0.1) is 5.38 Å². The van der Waals surface area contributed by atoms with E-state index in [-0.39, 0.29) is 5.38 Å². The SMILES string of the molecule is Clc1ccc2c(c1)[C@H](Cl)c1ccccc1CC2. The van der Waals surface area contributed by atoms with Crippen molar-refractivity contribution < 1.29 is 0 Å². The molecule has 0 N–H and O–H groups in total. The molecule has 2 aromatic rings. The zero-order chi connectivity index (χ0) is 11.8. The van der Waals surface area contributed by atoms with Crippen LogP contribution in [0.1, 0.15) is 27.6 Å². The third-order valence-corrected chi connectivity index (χ3v) is 4.08. The molecule has 1 atom stereocenters. The van der Waals surface area contributed by atoms with E-state index in [0.717, 1.165) is 23.4 Å². The summed E-state index contributed by atoms with van der Waals surface area (Å²) in [6.07, 6.45) is 2.08. The number of hydrogen-bond donors (Lipinski definition) is 0. The van der Waals surface area contributed by atoms with Crippen LogP contribution in [0.4, 0.5) is 0 Å². The molecular weight excluding hydrogens is 251 g/mol. The Morgan fingerprint density at radius 3 is 2.41 bits per heavy atom. The lowest BCUT2D eigenvalue weighted by molar-refractivity contribution is 0.965. The van der Waals surface area contributed by atoms with Gasteiger partial charge in [-0.2, -0.15) is 0 Å². The molecule has 0 amide bonds. The molecule has 0 spiro atoms. The number of rotatable bonds is 0. The van der Waals surface area contributed by atoms with Gasteiger partial charge in [-0.1, -0.05) is 41.9 Å². The van der Waals surface area contributed by atoms with Gasteiger partial charge in [0.1, 0.15) is 0 Å². The molecule has 2 heteroatoms. The minimum absolute atomic E-state index is 0.0811. The van der Waals surface area contributed by atoms with Crippen molar-refractivity contribution in [2.24, 2.45) is 0 Å². The summed E-state index contributed by atoms with van der Waals surface area (Å²) in [4.78, 5) is 0. The Bertz CT molecular complexity index is 561. The maximum Gasteiger partial charge on any atom is 0.0841 e. The standard InChI is InChI=1S/C15H12Cl2/c16-12-8-7-11-6-5-10-3-1-2-4-13(10)15(17)14(11)9-12/h1-4,7-9,15H,5-6H2/t15-/m1/s1. The second-order valence-corrected chi connectivity index (χ2v) is 5.28. The molecule has 0 saturated heterocycles. The van der Waals surface area contributed by atoms with Crippen molar-refractivity contribution >= 4 is 23.2 Å². The lowest BCUT2D eigenvalue weighted by Crippen LogP contribution is -1.96. The van der Waals surface area contributed by atoms with Crippen LogP contribution in [0.25, 0.3) is 0 Å². The number of alkyl halides is 1. The second kappa shape index (κ2) is 4.36. The Hall–Kier alpha value is -0.980. The lowest BCUT2D eigenvalue weighted by Gasteiger charge is -2.13. The van der Waals surface area contributed by atoms with Crippen molar-refractivity contribution in [1.82, 2.24) is 0 Å². The summed E-state index contributed by atoms with van der Waals surface area (Å²) in [7, 11) is 0. The van der Waals surface area contributed by atoms with Gasteiger partial charge in [0.2, 0.25) is 0 Å². The van der Waals surface area contributed by atoms with Crippen molar-refractivity contribution in [2.75, 3.05) is 0 Å². The van der Waals surface area contributed by atoms with Gasteiger partial charge < -0.3 is 0 Å². The van der Waals surface area contributed by atoms with E-state index < -0.39 is 0 Å². The average Bonchev–Trinajstić information content (AvgIpc) is 2.49. The zero-order valence-electron chi connectivity index (χ0n) is 9.29. The third-order valence-electron chi connectivity index (χ3n) is 3.37. The number of benzene rings is 2. The molecule has 0 heterocycles. The highest BCUT2D eigenvalue weighted by Gasteiger charge is 2.21. The van der Waals surface area contributed by atoms with Crippen LogP contribution in [-0.4, -0.2) is 0 Å². The largest absolute Gasteiger partial charge is 0.113 e. The van der Waals surface area contributed by atoms with Crippen molar-refractivity contribution in [2.45, 2.75) is 18.2 Å². The summed E-state index contributed by atoms with van der Waals surface area (Å²) in [5.74, 6) is 0. The molecule has 0 aromatic heterocycles. The highest BCUT2D eigenvalue weighted by molar-refractivity contribution is 6.31. The van der Waals surface area contributed by atoms with Gasteiger partial charge in [-0.25, -0.2) is 0 Å². The molecule has 2 aromatic carbocycles. The van der Waals surface area contributed by atoms with Crippen LogP contribution in [-0.2, 0) is 12.8 Å². The van der Waals surface area contributed by atoms with Gasteiger partial charge in [0, 0.05) is 5.02 Å². The third kappa shape index (κ3) is 1.96. The van der Waals surface area contributed by atoms with Crippen LogP contribution in [0.15, 0.2) is 42.5 Å². The maximum atomic E-state index is 6.60. The average molecular weight is 263 g/mol. The molecule has 17 heavy (non-hydrogen) atoms. The predicted octanol–water partition coefficient (Wildman–Crippen LogP) is 4.77. The Balaban J connectivity index is 2.18. The Morgan fingerprint density at radius 1 is 0.882 bits per heavy atom. The first-order chi connectivity index (χ1) is 8.25. The molecule has 3 rings (SSSR count).